The van der Waals surface area contributed by atoms with Gasteiger partial charge in [0.2, 0.25) is 0 Å². The Morgan fingerprint density at radius 1 is 1.00 bits per heavy atom. The summed E-state index contributed by atoms with van der Waals surface area (Å²) in [5, 5.41) is 5.64. The maximum absolute atomic E-state index is 12.1. The van der Waals surface area contributed by atoms with Crippen LogP contribution in [0.5, 0.6) is 0 Å². The molecule has 0 fully saturated rings. The van der Waals surface area contributed by atoms with Crippen LogP contribution >= 0.6 is 0 Å². The highest BCUT2D eigenvalue weighted by molar-refractivity contribution is 6.00. The van der Waals surface area contributed by atoms with Gasteiger partial charge in [0, 0.05) is 24.2 Å². The summed E-state index contributed by atoms with van der Waals surface area (Å²) in [6.07, 6.45) is 1.77. The molecule has 3 rings (SSSR count). The SMILES string of the molecule is CCOCc1ccc(NC(=O)Nc2c[nH]c(-c3ccccc3)c2)cc1. The van der Waals surface area contributed by atoms with Crippen molar-refractivity contribution in [3.8, 4) is 11.3 Å². The number of benzene rings is 2. The van der Waals surface area contributed by atoms with Gasteiger partial charge in [0.1, 0.15) is 0 Å². The zero-order valence-corrected chi connectivity index (χ0v) is 14.1. The van der Waals surface area contributed by atoms with Crippen LogP contribution in [0.2, 0.25) is 0 Å². The molecule has 5 heteroatoms. The van der Waals surface area contributed by atoms with Gasteiger partial charge in [-0.25, -0.2) is 4.79 Å². The van der Waals surface area contributed by atoms with E-state index >= 15 is 0 Å². The van der Waals surface area contributed by atoms with Crippen molar-refractivity contribution >= 4 is 17.4 Å². The normalized spacial score (nSPS) is 10.4. The molecule has 0 saturated carbocycles. The third-order valence-electron chi connectivity index (χ3n) is 3.71. The highest BCUT2D eigenvalue weighted by Crippen LogP contribution is 2.21. The first-order chi connectivity index (χ1) is 12.2. The third kappa shape index (κ3) is 4.71. The standard InChI is InChI=1S/C20H21N3O2/c1-2-25-14-15-8-10-17(11-9-15)22-20(24)23-18-12-19(21-13-18)16-6-4-3-5-7-16/h3-13,21H,2,14H2,1H3,(H2,22,23,24). The molecular formula is C20H21N3O2. The summed E-state index contributed by atoms with van der Waals surface area (Å²) < 4.78 is 5.36. The van der Waals surface area contributed by atoms with Gasteiger partial charge >= 0.3 is 6.03 Å². The minimum absolute atomic E-state index is 0.281. The summed E-state index contributed by atoms with van der Waals surface area (Å²) in [6, 6.07) is 19.2. The van der Waals surface area contributed by atoms with E-state index < -0.39 is 0 Å². The Kier molecular flexibility index (Phi) is 5.49. The van der Waals surface area contributed by atoms with Crippen LogP contribution in [-0.2, 0) is 11.3 Å². The van der Waals surface area contributed by atoms with Gasteiger partial charge in [-0.1, -0.05) is 42.5 Å². The Labute approximate surface area is 147 Å². The lowest BCUT2D eigenvalue weighted by molar-refractivity contribution is 0.134. The summed E-state index contributed by atoms with van der Waals surface area (Å²) in [5.74, 6) is 0. The number of nitrogens with one attached hydrogen (secondary N) is 3. The average molecular weight is 335 g/mol. The number of ether oxygens (including phenoxy) is 1. The van der Waals surface area contributed by atoms with Crippen molar-refractivity contribution in [2.24, 2.45) is 0 Å². The first kappa shape index (κ1) is 16.8. The lowest BCUT2D eigenvalue weighted by atomic mass is 10.1. The van der Waals surface area contributed by atoms with Crippen molar-refractivity contribution < 1.29 is 9.53 Å². The van der Waals surface area contributed by atoms with Crippen molar-refractivity contribution in [1.82, 2.24) is 4.98 Å². The van der Waals surface area contributed by atoms with Gasteiger partial charge in [0.15, 0.2) is 0 Å². The Hall–Kier alpha value is -3.05. The van der Waals surface area contributed by atoms with Crippen molar-refractivity contribution in [2.75, 3.05) is 17.2 Å². The summed E-state index contributed by atoms with van der Waals surface area (Å²) in [7, 11) is 0. The van der Waals surface area contributed by atoms with Gasteiger partial charge in [-0.2, -0.15) is 0 Å². The number of carbonyl (C=O) groups excluding carboxylic acids is 1. The molecular weight excluding hydrogens is 314 g/mol. The van der Waals surface area contributed by atoms with Gasteiger partial charge in [-0.05, 0) is 36.2 Å². The molecule has 0 atom stereocenters. The molecule has 1 aromatic heterocycles. The second-order valence-electron chi connectivity index (χ2n) is 5.58. The van der Waals surface area contributed by atoms with E-state index in [0.717, 1.165) is 22.5 Å². The van der Waals surface area contributed by atoms with E-state index in [1.54, 1.807) is 6.20 Å². The van der Waals surface area contributed by atoms with Crippen LogP contribution in [0.1, 0.15) is 12.5 Å². The van der Waals surface area contributed by atoms with Crippen molar-refractivity contribution in [1.29, 1.82) is 0 Å². The van der Waals surface area contributed by atoms with Crippen molar-refractivity contribution in [2.45, 2.75) is 13.5 Å². The number of carbonyl (C=O) groups is 1. The molecule has 0 aliphatic rings. The number of amides is 2. The number of aromatic nitrogens is 1. The number of urea groups is 1. The van der Waals surface area contributed by atoms with E-state index in [2.05, 4.69) is 15.6 Å². The first-order valence-corrected chi connectivity index (χ1v) is 8.23. The maximum atomic E-state index is 12.1. The molecule has 1 heterocycles. The summed E-state index contributed by atoms with van der Waals surface area (Å²) in [5.41, 5.74) is 4.55. The lowest BCUT2D eigenvalue weighted by Gasteiger charge is -2.07. The maximum Gasteiger partial charge on any atom is 0.323 e. The van der Waals surface area contributed by atoms with E-state index in [9.17, 15) is 4.79 Å². The number of anilines is 2. The van der Waals surface area contributed by atoms with Crippen LogP contribution in [0.4, 0.5) is 16.2 Å². The van der Waals surface area contributed by atoms with Gasteiger partial charge in [-0.15, -0.1) is 0 Å². The second-order valence-corrected chi connectivity index (χ2v) is 5.58. The van der Waals surface area contributed by atoms with Crippen LogP contribution in [0, 0.1) is 0 Å². The first-order valence-electron chi connectivity index (χ1n) is 8.23. The van der Waals surface area contributed by atoms with Crippen LogP contribution < -0.4 is 10.6 Å². The van der Waals surface area contributed by atoms with E-state index in [1.807, 2.05) is 67.6 Å². The fourth-order valence-electron chi connectivity index (χ4n) is 2.45. The van der Waals surface area contributed by atoms with Crippen LogP contribution in [-0.4, -0.2) is 17.6 Å². The highest BCUT2D eigenvalue weighted by Gasteiger charge is 2.06. The molecule has 128 valence electrons. The zero-order valence-electron chi connectivity index (χ0n) is 14.1. The quantitative estimate of drug-likeness (QED) is 0.602. The summed E-state index contributed by atoms with van der Waals surface area (Å²) in [6.45, 7) is 3.23. The molecule has 0 radical (unpaired) electrons. The Morgan fingerprint density at radius 3 is 2.44 bits per heavy atom. The van der Waals surface area contributed by atoms with Crippen molar-refractivity contribution in [3.05, 3.63) is 72.4 Å². The molecule has 0 aliphatic carbocycles. The molecule has 0 aliphatic heterocycles. The summed E-state index contributed by atoms with van der Waals surface area (Å²) in [4.78, 5) is 15.3. The molecule has 2 amide bonds. The number of aromatic amines is 1. The van der Waals surface area contributed by atoms with E-state index in [0.29, 0.717) is 18.9 Å². The minimum Gasteiger partial charge on any atom is -0.377 e. The minimum atomic E-state index is -0.281. The fraction of sp³-hybridized carbons (Fsp3) is 0.150. The molecule has 25 heavy (non-hydrogen) atoms. The molecule has 5 nitrogen and oxygen atoms in total. The highest BCUT2D eigenvalue weighted by atomic mass is 16.5. The van der Waals surface area contributed by atoms with Gasteiger partial charge in [0.05, 0.1) is 12.3 Å². The molecule has 2 aromatic carbocycles. The smallest absolute Gasteiger partial charge is 0.323 e. The molecule has 3 aromatic rings. The van der Waals surface area contributed by atoms with Crippen molar-refractivity contribution in [3.63, 3.8) is 0 Å². The Balaban J connectivity index is 1.57. The van der Waals surface area contributed by atoms with E-state index in [1.165, 1.54) is 0 Å². The Bertz CT molecular complexity index is 810. The molecule has 0 spiro atoms. The molecule has 3 N–H and O–H groups in total. The molecule has 0 unspecified atom stereocenters. The van der Waals surface area contributed by atoms with Gasteiger partial charge in [-0.3, -0.25) is 0 Å². The van der Waals surface area contributed by atoms with Gasteiger partial charge in [0.25, 0.3) is 0 Å². The number of hydrogen-bond donors (Lipinski definition) is 3. The zero-order chi connectivity index (χ0) is 17.5. The van der Waals surface area contributed by atoms with Crippen LogP contribution in [0.25, 0.3) is 11.3 Å². The second kappa shape index (κ2) is 8.17. The fourth-order valence-corrected chi connectivity index (χ4v) is 2.45. The molecule has 0 bridgehead atoms. The lowest BCUT2D eigenvalue weighted by Crippen LogP contribution is -2.19. The third-order valence-corrected chi connectivity index (χ3v) is 3.71. The van der Waals surface area contributed by atoms with Gasteiger partial charge < -0.3 is 20.4 Å². The van der Waals surface area contributed by atoms with E-state index in [-0.39, 0.29) is 6.03 Å². The number of rotatable bonds is 6. The largest absolute Gasteiger partial charge is 0.377 e. The van der Waals surface area contributed by atoms with Crippen LogP contribution in [0.15, 0.2) is 66.9 Å². The number of hydrogen-bond acceptors (Lipinski definition) is 2. The average Bonchev–Trinajstić information content (AvgIpc) is 3.10. The van der Waals surface area contributed by atoms with E-state index in [4.69, 9.17) is 4.74 Å². The summed E-state index contributed by atoms with van der Waals surface area (Å²) >= 11 is 0. The topological polar surface area (TPSA) is 66.2 Å². The predicted octanol–water partition coefficient (Wildman–Crippen LogP) is 4.86. The van der Waals surface area contributed by atoms with Crippen LogP contribution in [0.3, 0.4) is 0 Å². The number of H-pyrrole nitrogens is 1. The Morgan fingerprint density at radius 2 is 1.72 bits per heavy atom. The predicted molar refractivity (Wildman–Crippen MR) is 101 cm³/mol. The molecule has 0 saturated heterocycles. The monoisotopic (exact) mass is 335 g/mol.